The van der Waals surface area contributed by atoms with Gasteiger partial charge in [-0.1, -0.05) is 13.8 Å². The quantitative estimate of drug-likeness (QED) is 0.828. The number of sulfonamides is 1. The molecule has 0 aliphatic heterocycles. The molecule has 0 bridgehead atoms. The molecular weight excluding hydrogens is 248 g/mol. The van der Waals surface area contributed by atoms with Gasteiger partial charge >= 0.3 is 0 Å². The first-order valence-corrected chi connectivity index (χ1v) is 7.84. The van der Waals surface area contributed by atoms with Crippen molar-refractivity contribution in [3.63, 3.8) is 0 Å². The summed E-state index contributed by atoms with van der Waals surface area (Å²) in [5.74, 6) is 0. The SMILES string of the molecule is CCCN(CC)S(=O)(=O)c1ccc(NCC)cc1. The van der Waals surface area contributed by atoms with E-state index in [1.807, 2.05) is 20.8 Å². The Kier molecular flexibility index (Phi) is 5.62. The zero-order valence-electron chi connectivity index (χ0n) is 11.3. The number of hydrogen-bond acceptors (Lipinski definition) is 3. The third-order valence-corrected chi connectivity index (χ3v) is 4.69. The lowest BCUT2D eigenvalue weighted by Gasteiger charge is -2.19. The number of hydrogen-bond donors (Lipinski definition) is 1. The first-order chi connectivity index (χ1) is 8.56. The fraction of sp³-hybridized carbons (Fsp3) is 0.538. The molecule has 0 fully saturated rings. The van der Waals surface area contributed by atoms with E-state index in [-0.39, 0.29) is 0 Å². The van der Waals surface area contributed by atoms with Gasteiger partial charge in [0.25, 0.3) is 0 Å². The Bertz CT molecular complexity index is 454. The number of benzene rings is 1. The average molecular weight is 270 g/mol. The van der Waals surface area contributed by atoms with Gasteiger partial charge in [-0.15, -0.1) is 0 Å². The van der Waals surface area contributed by atoms with Crippen molar-refractivity contribution in [2.45, 2.75) is 32.1 Å². The van der Waals surface area contributed by atoms with Crippen molar-refractivity contribution in [3.8, 4) is 0 Å². The van der Waals surface area contributed by atoms with Crippen LogP contribution in [0.25, 0.3) is 0 Å². The molecule has 4 nitrogen and oxygen atoms in total. The van der Waals surface area contributed by atoms with E-state index in [0.29, 0.717) is 18.0 Å². The molecule has 1 aromatic rings. The standard InChI is InChI=1S/C13H22N2O2S/c1-4-11-15(6-3)18(16,17)13-9-7-12(8-10-13)14-5-2/h7-10,14H,4-6,11H2,1-3H3. The maximum absolute atomic E-state index is 12.3. The normalized spacial score (nSPS) is 11.8. The Morgan fingerprint density at radius 1 is 1.11 bits per heavy atom. The van der Waals surface area contributed by atoms with Gasteiger partial charge in [0.15, 0.2) is 0 Å². The van der Waals surface area contributed by atoms with E-state index in [0.717, 1.165) is 18.7 Å². The van der Waals surface area contributed by atoms with Gasteiger partial charge < -0.3 is 5.32 Å². The van der Waals surface area contributed by atoms with Gasteiger partial charge in [0, 0.05) is 25.3 Å². The third-order valence-electron chi connectivity index (χ3n) is 2.70. The van der Waals surface area contributed by atoms with Gasteiger partial charge in [-0.05, 0) is 37.6 Å². The summed E-state index contributed by atoms with van der Waals surface area (Å²) in [7, 11) is -3.34. The predicted octanol–water partition coefficient (Wildman–Crippen LogP) is 2.54. The molecule has 0 amide bonds. The fourth-order valence-corrected chi connectivity index (χ4v) is 3.34. The highest BCUT2D eigenvalue weighted by Gasteiger charge is 2.21. The van der Waals surface area contributed by atoms with Crippen molar-refractivity contribution in [2.24, 2.45) is 0 Å². The topological polar surface area (TPSA) is 49.4 Å². The summed E-state index contributed by atoms with van der Waals surface area (Å²) >= 11 is 0. The molecule has 0 spiro atoms. The summed E-state index contributed by atoms with van der Waals surface area (Å²) in [6.45, 7) is 7.74. The predicted molar refractivity (Wildman–Crippen MR) is 75.3 cm³/mol. The molecule has 0 heterocycles. The molecule has 0 atom stereocenters. The molecule has 0 saturated heterocycles. The summed E-state index contributed by atoms with van der Waals surface area (Å²) in [6, 6.07) is 6.92. The fourth-order valence-electron chi connectivity index (χ4n) is 1.80. The molecule has 18 heavy (non-hydrogen) atoms. The van der Waals surface area contributed by atoms with E-state index in [1.54, 1.807) is 24.3 Å². The van der Waals surface area contributed by atoms with Crippen LogP contribution in [0.3, 0.4) is 0 Å². The zero-order valence-corrected chi connectivity index (χ0v) is 12.1. The van der Waals surface area contributed by atoms with Crippen LogP contribution in [0.5, 0.6) is 0 Å². The van der Waals surface area contributed by atoms with E-state index in [9.17, 15) is 8.42 Å². The first-order valence-electron chi connectivity index (χ1n) is 6.40. The minimum absolute atomic E-state index is 0.361. The van der Waals surface area contributed by atoms with Crippen LogP contribution in [0.1, 0.15) is 27.2 Å². The van der Waals surface area contributed by atoms with Gasteiger partial charge in [0.05, 0.1) is 4.90 Å². The summed E-state index contributed by atoms with van der Waals surface area (Å²) < 4.78 is 26.2. The van der Waals surface area contributed by atoms with E-state index in [4.69, 9.17) is 0 Å². The van der Waals surface area contributed by atoms with Crippen LogP contribution in [0, 0.1) is 0 Å². The number of nitrogens with zero attached hydrogens (tertiary/aromatic N) is 1. The minimum Gasteiger partial charge on any atom is -0.385 e. The zero-order chi connectivity index (χ0) is 13.6. The van der Waals surface area contributed by atoms with Crippen molar-refractivity contribution in [2.75, 3.05) is 25.0 Å². The molecule has 102 valence electrons. The molecule has 0 aliphatic rings. The highest BCUT2D eigenvalue weighted by atomic mass is 32.2. The van der Waals surface area contributed by atoms with Crippen LogP contribution in [0.2, 0.25) is 0 Å². The van der Waals surface area contributed by atoms with Crippen molar-refractivity contribution in [1.82, 2.24) is 4.31 Å². The van der Waals surface area contributed by atoms with Gasteiger partial charge in [-0.25, -0.2) is 8.42 Å². The number of nitrogens with one attached hydrogen (secondary N) is 1. The smallest absolute Gasteiger partial charge is 0.243 e. The van der Waals surface area contributed by atoms with Crippen molar-refractivity contribution in [1.29, 1.82) is 0 Å². The van der Waals surface area contributed by atoms with Crippen LogP contribution >= 0.6 is 0 Å². The first kappa shape index (κ1) is 15.0. The second-order valence-electron chi connectivity index (χ2n) is 4.05. The van der Waals surface area contributed by atoms with E-state index in [1.165, 1.54) is 4.31 Å². The maximum atomic E-state index is 12.3. The van der Waals surface area contributed by atoms with E-state index >= 15 is 0 Å². The Labute approximate surface area is 110 Å². The summed E-state index contributed by atoms with van der Waals surface area (Å²) in [5, 5.41) is 3.15. The van der Waals surface area contributed by atoms with Crippen molar-refractivity contribution < 1.29 is 8.42 Å². The lowest BCUT2D eigenvalue weighted by molar-refractivity contribution is 0.427. The molecule has 1 rings (SSSR count). The summed E-state index contributed by atoms with van der Waals surface area (Å²) in [4.78, 5) is 0.361. The highest BCUT2D eigenvalue weighted by Crippen LogP contribution is 2.18. The molecule has 5 heteroatoms. The van der Waals surface area contributed by atoms with Crippen molar-refractivity contribution in [3.05, 3.63) is 24.3 Å². The second-order valence-corrected chi connectivity index (χ2v) is 5.99. The van der Waals surface area contributed by atoms with Gasteiger partial charge in [0.2, 0.25) is 10.0 Å². The van der Waals surface area contributed by atoms with Gasteiger partial charge in [0.1, 0.15) is 0 Å². The van der Waals surface area contributed by atoms with Crippen LogP contribution in [0.4, 0.5) is 5.69 Å². The molecule has 0 radical (unpaired) electrons. The van der Waals surface area contributed by atoms with E-state index in [2.05, 4.69) is 5.32 Å². The van der Waals surface area contributed by atoms with Crippen LogP contribution < -0.4 is 5.32 Å². The largest absolute Gasteiger partial charge is 0.385 e. The maximum Gasteiger partial charge on any atom is 0.243 e. The number of rotatable bonds is 7. The Balaban J connectivity index is 2.97. The molecule has 0 unspecified atom stereocenters. The lowest BCUT2D eigenvalue weighted by Crippen LogP contribution is -2.31. The van der Waals surface area contributed by atoms with Gasteiger partial charge in [-0.2, -0.15) is 4.31 Å². The Hall–Kier alpha value is -1.07. The monoisotopic (exact) mass is 270 g/mol. The van der Waals surface area contributed by atoms with Crippen molar-refractivity contribution >= 4 is 15.7 Å². The molecule has 0 aromatic heterocycles. The Morgan fingerprint density at radius 3 is 2.17 bits per heavy atom. The average Bonchev–Trinajstić information content (AvgIpc) is 2.36. The second kappa shape index (κ2) is 6.75. The Morgan fingerprint density at radius 2 is 1.72 bits per heavy atom. The molecule has 1 aromatic carbocycles. The van der Waals surface area contributed by atoms with E-state index < -0.39 is 10.0 Å². The lowest BCUT2D eigenvalue weighted by atomic mass is 10.3. The van der Waals surface area contributed by atoms with Gasteiger partial charge in [-0.3, -0.25) is 0 Å². The van der Waals surface area contributed by atoms with Crippen LogP contribution in [0.15, 0.2) is 29.2 Å². The summed E-state index contributed by atoms with van der Waals surface area (Å²) in [5.41, 5.74) is 0.940. The minimum atomic E-state index is -3.34. The van der Waals surface area contributed by atoms with Crippen LogP contribution in [-0.4, -0.2) is 32.4 Å². The highest BCUT2D eigenvalue weighted by molar-refractivity contribution is 7.89. The third kappa shape index (κ3) is 3.46. The molecule has 0 saturated carbocycles. The van der Waals surface area contributed by atoms with Crippen LogP contribution in [-0.2, 0) is 10.0 Å². The molecule has 1 N–H and O–H groups in total. The molecule has 0 aliphatic carbocycles. The summed E-state index contributed by atoms with van der Waals surface area (Å²) in [6.07, 6.45) is 0.822. The molecular formula is C13H22N2O2S. The number of anilines is 1.